The lowest BCUT2D eigenvalue weighted by atomic mass is 10.2. The van der Waals surface area contributed by atoms with Crippen molar-refractivity contribution in [3.8, 4) is 5.75 Å². The van der Waals surface area contributed by atoms with E-state index in [2.05, 4.69) is 0 Å². The van der Waals surface area contributed by atoms with Crippen molar-refractivity contribution >= 4 is 27.3 Å². The Morgan fingerprint density at radius 3 is 2.62 bits per heavy atom. The minimum Gasteiger partial charge on any atom is -0.494 e. The van der Waals surface area contributed by atoms with E-state index in [0.717, 1.165) is 10.3 Å². The second-order valence-corrected chi connectivity index (χ2v) is 6.46. The van der Waals surface area contributed by atoms with Crippen LogP contribution in [0.4, 0.5) is 4.39 Å². The van der Waals surface area contributed by atoms with Crippen molar-refractivity contribution < 1.29 is 13.9 Å². The molecule has 0 spiro atoms. The van der Waals surface area contributed by atoms with E-state index in [9.17, 15) is 9.18 Å². The van der Waals surface area contributed by atoms with Crippen LogP contribution in [-0.4, -0.2) is 24.5 Å². The molecule has 0 atom stereocenters. The molecule has 0 aliphatic heterocycles. The van der Waals surface area contributed by atoms with E-state index in [4.69, 9.17) is 4.74 Å². The molecule has 3 nitrogen and oxygen atoms in total. The molecule has 0 radical (unpaired) electrons. The first-order valence-electron chi connectivity index (χ1n) is 7.73. The van der Waals surface area contributed by atoms with Crippen molar-refractivity contribution in [2.24, 2.45) is 0 Å². The Bertz CT molecular complexity index is 860. The Morgan fingerprint density at radius 2 is 1.96 bits per heavy atom. The highest BCUT2D eigenvalue weighted by Crippen LogP contribution is 2.38. The average molecular weight is 343 g/mol. The number of nitrogens with zero attached hydrogens (tertiary/aromatic N) is 1. The van der Waals surface area contributed by atoms with Gasteiger partial charge in [-0.1, -0.05) is 30.3 Å². The molecule has 3 rings (SSSR count). The van der Waals surface area contributed by atoms with Crippen LogP contribution in [-0.2, 0) is 6.54 Å². The minimum atomic E-state index is -0.339. The van der Waals surface area contributed by atoms with E-state index in [1.54, 1.807) is 11.0 Å². The maximum absolute atomic E-state index is 13.5. The zero-order valence-corrected chi connectivity index (χ0v) is 14.4. The van der Waals surface area contributed by atoms with E-state index >= 15 is 0 Å². The lowest BCUT2D eigenvalue weighted by Crippen LogP contribution is -2.29. The predicted octanol–water partition coefficient (Wildman–Crippen LogP) is 4.71. The number of amides is 1. The fourth-order valence-corrected chi connectivity index (χ4v) is 3.79. The Balaban J connectivity index is 1.97. The Morgan fingerprint density at radius 1 is 1.21 bits per heavy atom. The van der Waals surface area contributed by atoms with Crippen LogP contribution in [0.5, 0.6) is 5.75 Å². The monoisotopic (exact) mass is 343 g/mol. The maximum atomic E-state index is 13.5. The summed E-state index contributed by atoms with van der Waals surface area (Å²) in [4.78, 5) is 15.3. The zero-order valence-electron chi connectivity index (χ0n) is 13.6. The fourth-order valence-electron chi connectivity index (χ4n) is 2.67. The van der Waals surface area contributed by atoms with Crippen LogP contribution in [0.15, 0.2) is 48.5 Å². The number of fused-ring (bicyclic) bond motifs is 1. The van der Waals surface area contributed by atoms with Crippen molar-refractivity contribution in [3.63, 3.8) is 0 Å². The topological polar surface area (TPSA) is 29.5 Å². The number of hydrogen-bond donors (Lipinski definition) is 0. The first-order chi connectivity index (χ1) is 11.6. The van der Waals surface area contributed by atoms with Gasteiger partial charge in [-0.25, -0.2) is 4.39 Å². The summed E-state index contributed by atoms with van der Waals surface area (Å²) in [5, 5.41) is 0.640. The smallest absolute Gasteiger partial charge is 0.268 e. The molecule has 0 N–H and O–H groups in total. The van der Waals surface area contributed by atoms with Crippen LogP contribution >= 0.6 is 11.3 Å². The third-order valence-electron chi connectivity index (χ3n) is 3.89. The van der Waals surface area contributed by atoms with Crippen LogP contribution in [0.2, 0.25) is 0 Å². The normalized spacial score (nSPS) is 10.8. The van der Waals surface area contributed by atoms with Crippen LogP contribution in [0.1, 0.15) is 22.2 Å². The molecule has 2 aromatic carbocycles. The summed E-state index contributed by atoms with van der Waals surface area (Å²) in [7, 11) is 1.51. The molecule has 0 aliphatic carbocycles. The van der Waals surface area contributed by atoms with Gasteiger partial charge in [0.2, 0.25) is 0 Å². The summed E-state index contributed by atoms with van der Waals surface area (Å²) in [5.41, 5.74) is 1.07. The van der Waals surface area contributed by atoms with E-state index in [0.29, 0.717) is 29.1 Å². The average Bonchev–Trinajstić information content (AvgIpc) is 2.97. The van der Waals surface area contributed by atoms with E-state index < -0.39 is 0 Å². The third kappa shape index (κ3) is 3.12. The van der Waals surface area contributed by atoms with Gasteiger partial charge in [0.15, 0.2) is 0 Å². The molecule has 1 amide bonds. The molecule has 24 heavy (non-hydrogen) atoms. The summed E-state index contributed by atoms with van der Waals surface area (Å²) in [5.74, 6) is 0.0139. The molecule has 3 aromatic rings. The summed E-state index contributed by atoms with van der Waals surface area (Å²) in [6.45, 7) is 3.06. The number of ether oxygens (including phenoxy) is 1. The van der Waals surface area contributed by atoms with Crippen molar-refractivity contribution in [2.45, 2.75) is 13.5 Å². The second-order valence-electron chi connectivity index (χ2n) is 5.41. The van der Waals surface area contributed by atoms with Crippen LogP contribution in [0.3, 0.4) is 0 Å². The minimum absolute atomic E-state index is 0.0974. The van der Waals surface area contributed by atoms with Crippen LogP contribution in [0, 0.1) is 5.82 Å². The third-order valence-corrected chi connectivity index (χ3v) is 5.03. The summed E-state index contributed by atoms with van der Waals surface area (Å²) < 4.78 is 19.8. The second kappa shape index (κ2) is 7.01. The zero-order chi connectivity index (χ0) is 17.1. The number of methoxy groups -OCH3 is 1. The van der Waals surface area contributed by atoms with Gasteiger partial charge >= 0.3 is 0 Å². The highest BCUT2D eigenvalue weighted by molar-refractivity contribution is 7.21. The van der Waals surface area contributed by atoms with Crippen LogP contribution < -0.4 is 4.74 Å². The molecule has 124 valence electrons. The Hall–Kier alpha value is -2.40. The maximum Gasteiger partial charge on any atom is 0.268 e. The molecule has 0 unspecified atom stereocenters. The van der Waals surface area contributed by atoms with Crippen LogP contribution in [0.25, 0.3) is 10.1 Å². The Kier molecular flexibility index (Phi) is 4.81. The molecule has 0 saturated carbocycles. The summed E-state index contributed by atoms with van der Waals surface area (Å²) in [6, 6.07) is 14.3. The fraction of sp³-hybridized carbons (Fsp3) is 0.211. The van der Waals surface area contributed by atoms with Gasteiger partial charge in [-0.2, -0.15) is 0 Å². The standard InChI is InChI=1S/C19H18FNO2S/c1-3-21(12-13-7-5-4-6-8-13)19(22)18-17(23-2)15-11-14(20)9-10-16(15)24-18/h4-11H,3,12H2,1-2H3. The molecule has 0 aliphatic rings. The van der Waals surface area contributed by atoms with Gasteiger partial charge < -0.3 is 9.64 Å². The number of benzene rings is 2. The number of carbonyl (C=O) groups is 1. The first kappa shape index (κ1) is 16.5. The molecule has 1 heterocycles. The lowest BCUT2D eigenvalue weighted by Gasteiger charge is -2.20. The van der Waals surface area contributed by atoms with Gasteiger partial charge in [-0.3, -0.25) is 4.79 Å². The number of rotatable bonds is 5. The molecule has 0 saturated heterocycles. The SMILES string of the molecule is CCN(Cc1ccccc1)C(=O)c1sc2ccc(F)cc2c1OC. The van der Waals surface area contributed by atoms with Crippen molar-refractivity contribution in [1.29, 1.82) is 0 Å². The van der Waals surface area contributed by atoms with Gasteiger partial charge in [-0.05, 0) is 30.7 Å². The molecule has 0 bridgehead atoms. The molecule has 1 aromatic heterocycles. The number of halogens is 1. The predicted molar refractivity (Wildman–Crippen MR) is 95.2 cm³/mol. The van der Waals surface area contributed by atoms with E-state index in [-0.39, 0.29) is 11.7 Å². The number of hydrogen-bond acceptors (Lipinski definition) is 3. The van der Waals surface area contributed by atoms with Crippen molar-refractivity contribution in [2.75, 3.05) is 13.7 Å². The van der Waals surface area contributed by atoms with Gasteiger partial charge in [0.1, 0.15) is 16.4 Å². The number of carbonyl (C=O) groups excluding carboxylic acids is 1. The molecular weight excluding hydrogens is 325 g/mol. The molecule has 0 fully saturated rings. The van der Waals surface area contributed by atoms with Gasteiger partial charge in [0, 0.05) is 23.2 Å². The summed E-state index contributed by atoms with van der Waals surface area (Å²) >= 11 is 1.34. The van der Waals surface area contributed by atoms with Crippen molar-refractivity contribution in [3.05, 3.63) is 64.8 Å². The highest BCUT2D eigenvalue weighted by Gasteiger charge is 2.23. The van der Waals surface area contributed by atoms with E-state index in [1.807, 2.05) is 37.3 Å². The van der Waals surface area contributed by atoms with Crippen molar-refractivity contribution in [1.82, 2.24) is 4.90 Å². The first-order valence-corrected chi connectivity index (χ1v) is 8.55. The Labute approximate surface area is 144 Å². The lowest BCUT2D eigenvalue weighted by molar-refractivity contribution is 0.0754. The highest BCUT2D eigenvalue weighted by atomic mass is 32.1. The van der Waals surface area contributed by atoms with E-state index in [1.165, 1.54) is 30.6 Å². The largest absolute Gasteiger partial charge is 0.494 e. The molecular formula is C19H18FNO2S. The van der Waals surface area contributed by atoms with Gasteiger partial charge in [-0.15, -0.1) is 11.3 Å². The molecule has 5 heteroatoms. The quantitative estimate of drug-likeness (QED) is 0.671. The summed E-state index contributed by atoms with van der Waals surface area (Å²) in [6.07, 6.45) is 0. The van der Waals surface area contributed by atoms with Gasteiger partial charge in [0.25, 0.3) is 5.91 Å². The van der Waals surface area contributed by atoms with Gasteiger partial charge in [0.05, 0.1) is 7.11 Å². The number of thiophene rings is 1.